The Morgan fingerprint density at radius 2 is 2.00 bits per heavy atom. The van der Waals surface area contributed by atoms with Crippen LogP contribution in [0.3, 0.4) is 0 Å². The Kier molecular flexibility index (Phi) is 3.68. The lowest BCUT2D eigenvalue weighted by Crippen LogP contribution is -2.25. The van der Waals surface area contributed by atoms with E-state index in [0.29, 0.717) is 11.8 Å². The molecule has 2 saturated carbocycles. The van der Waals surface area contributed by atoms with E-state index in [1.807, 2.05) is 0 Å². The SMILES string of the molecule is O=C(O)C1CCC(CNc2nc(C3CC3)ns2)CC1. The van der Waals surface area contributed by atoms with Crippen LogP contribution in [0.1, 0.15) is 50.3 Å². The van der Waals surface area contributed by atoms with Gasteiger partial charge in [-0.15, -0.1) is 0 Å². The van der Waals surface area contributed by atoms with Crippen molar-refractivity contribution in [2.75, 3.05) is 11.9 Å². The van der Waals surface area contributed by atoms with Gasteiger partial charge in [0, 0.05) is 24.0 Å². The van der Waals surface area contributed by atoms with Crippen LogP contribution < -0.4 is 5.32 Å². The lowest BCUT2D eigenvalue weighted by atomic mass is 9.82. The fourth-order valence-corrected chi connectivity index (χ4v) is 3.31. The minimum absolute atomic E-state index is 0.126. The van der Waals surface area contributed by atoms with E-state index < -0.39 is 5.97 Å². The number of aliphatic carboxylic acids is 1. The van der Waals surface area contributed by atoms with Gasteiger partial charge in [0.1, 0.15) is 5.82 Å². The second kappa shape index (κ2) is 5.45. The zero-order valence-electron chi connectivity index (χ0n) is 10.8. The number of rotatable bonds is 5. The summed E-state index contributed by atoms with van der Waals surface area (Å²) in [6.07, 6.45) is 6.08. The molecule has 5 nitrogen and oxygen atoms in total. The van der Waals surface area contributed by atoms with Gasteiger partial charge in [0.25, 0.3) is 0 Å². The van der Waals surface area contributed by atoms with E-state index in [2.05, 4.69) is 14.7 Å². The number of hydrogen-bond acceptors (Lipinski definition) is 5. The fourth-order valence-electron chi connectivity index (χ4n) is 2.66. The smallest absolute Gasteiger partial charge is 0.306 e. The summed E-state index contributed by atoms with van der Waals surface area (Å²) in [5, 5.41) is 13.2. The number of carboxylic acids is 1. The number of carboxylic acid groups (broad SMARTS) is 1. The zero-order chi connectivity index (χ0) is 13.2. The molecular weight excluding hydrogens is 262 g/mol. The Bertz CT molecular complexity index is 450. The normalized spacial score (nSPS) is 27.2. The molecule has 0 saturated heterocycles. The van der Waals surface area contributed by atoms with E-state index in [1.54, 1.807) is 0 Å². The van der Waals surface area contributed by atoms with Crippen LogP contribution in [0.2, 0.25) is 0 Å². The second-order valence-electron chi connectivity index (χ2n) is 5.67. The first-order chi connectivity index (χ1) is 9.22. The van der Waals surface area contributed by atoms with Crippen molar-refractivity contribution in [3.8, 4) is 0 Å². The molecule has 3 rings (SSSR count). The van der Waals surface area contributed by atoms with E-state index in [4.69, 9.17) is 5.11 Å². The number of hydrogen-bond donors (Lipinski definition) is 2. The topological polar surface area (TPSA) is 75.1 Å². The highest BCUT2D eigenvalue weighted by atomic mass is 32.1. The highest BCUT2D eigenvalue weighted by molar-refractivity contribution is 7.09. The Morgan fingerprint density at radius 3 is 2.63 bits per heavy atom. The van der Waals surface area contributed by atoms with Crippen LogP contribution in [0.5, 0.6) is 0 Å². The highest BCUT2D eigenvalue weighted by Gasteiger charge is 2.28. The average Bonchev–Trinajstić information content (AvgIpc) is 3.16. The van der Waals surface area contributed by atoms with Crippen LogP contribution >= 0.6 is 11.5 Å². The molecule has 0 aromatic carbocycles. The van der Waals surface area contributed by atoms with Crippen LogP contribution in [-0.4, -0.2) is 27.0 Å². The predicted molar refractivity (Wildman–Crippen MR) is 73.5 cm³/mol. The van der Waals surface area contributed by atoms with Crippen molar-refractivity contribution in [1.29, 1.82) is 0 Å². The molecule has 2 aliphatic rings. The van der Waals surface area contributed by atoms with Gasteiger partial charge in [-0.2, -0.15) is 4.37 Å². The Morgan fingerprint density at radius 1 is 1.26 bits per heavy atom. The molecule has 0 amide bonds. The third-order valence-corrected chi connectivity index (χ3v) is 4.81. The molecule has 0 atom stereocenters. The molecular formula is C13H19N3O2S. The summed E-state index contributed by atoms with van der Waals surface area (Å²) in [6, 6.07) is 0. The number of nitrogens with zero attached hydrogens (tertiary/aromatic N) is 2. The van der Waals surface area contributed by atoms with E-state index in [-0.39, 0.29) is 5.92 Å². The Balaban J connectivity index is 1.43. The predicted octanol–water partition coefficient (Wildman–Crippen LogP) is 2.72. The van der Waals surface area contributed by atoms with Crippen molar-refractivity contribution in [2.45, 2.75) is 44.4 Å². The van der Waals surface area contributed by atoms with Crippen molar-refractivity contribution < 1.29 is 9.90 Å². The molecule has 1 heterocycles. The minimum atomic E-state index is -0.635. The van der Waals surface area contributed by atoms with Crippen molar-refractivity contribution in [3.05, 3.63) is 5.82 Å². The maximum Gasteiger partial charge on any atom is 0.306 e. The molecule has 0 bridgehead atoms. The number of anilines is 1. The average molecular weight is 281 g/mol. The summed E-state index contributed by atoms with van der Waals surface area (Å²) >= 11 is 1.45. The van der Waals surface area contributed by atoms with Crippen LogP contribution in [0.25, 0.3) is 0 Å². The Hall–Kier alpha value is -1.17. The molecule has 19 heavy (non-hydrogen) atoms. The largest absolute Gasteiger partial charge is 0.481 e. The van der Waals surface area contributed by atoms with Crippen molar-refractivity contribution in [2.24, 2.45) is 11.8 Å². The Labute approximate surface area is 116 Å². The molecule has 0 spiro atoms. The molecule has 1 aromatic heterocycles. The third kappa shape index (κ3) is 3.23. The number of nitrogens with one attached hydrogen (secondary N) is 1. The van der Waals surface area contributed by atoms with Gasteiger partial charge in [-0.1, -0.05) is 0 Å². The van der Waals surface area contributed by atoms with Gasteiger partial charge in [-0.3, -0.25) is 4.79 Å². The summed E-state index contributed by atoms with van der Waals surface area (Å²) in [5.41, 5.74) is 0. The number of carbonyl (C=O) groups is 1. The molecule has 2 fully saturated rings. The maximum atomic E-state index is 10.9. The van der Waals surface area contributed by atoms with Gasteiger partial charge in [0.2, 0.25) is 5.13 Å². The quantitative estimate of drug-likeness (QED) is 0.868. The van der Waals surface area contributed by atoms with E-state index in [0.717, 1.165) is 43.2 Å². The zero-order valence-corrected chi connectivity index (χ0v) is 11.7. The first kappa shape index (κ1) is 12.8. The maximum absolute atomic E-state index is 10.9. The van der Waals surface area contributed by atoms with E-state index in [9.17, 15) is 4.79 Å². The number of aromatic nitrogens is 2. The van der Waals surface area contributed by atoms with Gasteiger partial charge in [0.05, 0.1) is 5.92 Å². The lowest BCUT2D eigenvalue weighted by Gasteiger charge is -2.25. The van der Waals surface area contributed by atoms with Crippen molar-refractivity contribution in [3.63, 3.8) is 0 Å². The highest BCUT2D eigenvalue weighted by Crippen LogP contribution is 2.39. The van der Waals surface area contributed by atoms with Crippen LogP contribution in [0, 0.1) is 11.8 Å². The molecule has 6 heteroatoms. The monoisotopic (exact) mass is 281 g/mol. The van der Waals surface area contributed by atoms with Crippen LogP contribution in [0.4, 0.5) is 5.13 Å². The molecule has 2 N–H and O–H groups in total. The summed E-state index contributed by atoms with van der Waals surface area (Å²) in [7, 11) is 0. The van der Waals surface area contributed by atoms with Gasteiger partial charge in [-0.25, -0.2) is 4.98 Å². The van der Waals surface area contributed by atoms with Crippen molar-refractivity contribution in [1.82, 2.24) is 9.36 Å². The van der Waals surface area contributed by atoms with Crippen LogP contribution in [-0.2, 0) is 4.79 Å². The van der Waals surface area contributed by atoms with E-state index >= 15 is 0 Å². The standard InChI is InChI=1S/C13H19N3O2S/c17-12(18)10-3-1-8(2-4-10)7-14-13-15-11(16-19-13)9-5-6-9/h8-10H,1-7H2,(H,17,18)(H,14,15,16). The summed E-state index contributed by atoms with van der Waals surface area (Å²) in [4.78, 5) is 15.4. The molecule has 2 aliphatic carbocycles. The van der Waals surface area contributed by atoms with E-state index in [1.165, 1.54) is 24.4 Å². The minimum Gasteiger partial charge on any atom is -0.481 e. The second-order valence-corrected chi connectivity index (χ2v) is 6.42. The van der Waals surface area contributed by atoms with Crippen LogP contribution in [0.15, 0.2) is 0 Å². The first-order valence-corrected chi connectivity index (χ1v) is 7.80. The lowest BCUT2D eigenvalue weighted by molar-refractivity contribution is -0.143. The summed E-state index contributed by atoms with van der Waals surface area (Å²) in [6.45, 7) is 0.894. The van der Waals surface area contributed by atoms with Gasteiger partial charge < -0.3 is 10.4 Å². The van der Waals surface area contributed by atoms with Gasteiger partial charge >= 0.3 is 5.97 Å². The van der Waals surface area contributed by atoms with Gasteiger partial charge in [-0.05, 0) is 44.4 Å². The molecule has 1 aromatic rings. The van der Waals surface area contributed by atoms with Gasteiger partial charge in [0.15, 0.2) is 0 Å². The fraction of sp³-hybridized carbons (Fsp3) is 0.769. The summed E-state index contributed by atoms with van der Waals surface area (Å²) < 4.78 is 4.37. The van der Waals surface area contributed by atoms with Crippen molar-refractivity contribution >= 4 is 22.6 Å². The molecule has 0 radical (unpaired) electrons. The first-order valence-electron chi connectivity index (χ1n) is 7.02. The molecule has 0 unspecified atom stereocenters. The molecule has 0 aliphatic heterocycles. The summed E-state index contributed by atoms with van der Waals surface area (Å²) in [5.74, 6) is 1.42. The third-order valence-electron chi connectivity index (χ3n) is 4.12. The molecule has 104 valence electrons.